The van der Waals surface area contributed by atoms with Crippen LogP contribution in [0.15, 0.2) is 29.2 Å². The van der Waals surface area contributed by atoms with Gasteiger partial charge in [0.1, 0.15) is 0 Å². The van der Waals surface area contributed by atoms with Crippen LogP contribution >= 0.6 is 0 Å². The number of nitrogens with two attached hydrogens (primary N) is 1. The minimum absolute atomic E-state index is 0.154. The van der Waals surface area contributed by atoms with Crippen LogP contribution in [0.5, 0.6) is 0 Å². The van der Waals surface area contributed by atoms with Gasteiger partial charge in [-0.25, -0.2) is 13.1 Å². The van der Waals surface area contributed by atoms with Crippen molar-refractivity contribution >= 4 is 10.0 Å². The van der Waals surface area contributed by atoms with Gasteiger partial charge in [-0.05, 0) is 36.6 Å². The first kappa shape index (κ1) is 17.1. The van der Waals surface area contributed by atoms with E-state index in [-0.39, 0.29) is 16.9 Å². The van der Waals surface area contributed by atoms with Crippen LogP contribution in [-0.2, 0) is 21.2 Å². The summed E-state index contributed by atoms with van der Waals surface area (Å²) in [6, 6.07) is 6.56. The molecule has 0 heterocycles. The summed E-state index contributed by atoms with van der Waals surface area (Å²) in [5, 5.41) is 0. The highest BCUT2D eigenvalue weighted by Gasteiger charge is 2.22. The van der Waals surface area contributed by atoms with Crippen LogP contribution < -0.4 is 10.5 Å². The maximum absolute atomic E-state index is 12.3. The summed E-state index contributed by atoms with van der Waals surface area (Å²) in [5.74, 6) is 0.154. The van der Waals surface area contributed by atoms with Crippen molar-refractivity contribution in [1.82, 2.24) is 4.72 Å². The summed E-state index contributed by atoms with van der Waals surface area (Å²) in [6.07, 6.45) is 0.742. The Balaban J connectivity index is 2.86. The molecule has 6 heteroatoms. The van der Waals surface area contributed by atoms with E-state index >= 15 is 0 Å². The molecule has 0 saturated carbocycles. The average molecular weight is 300 g/mol. The Morgan fingerprint density at radius 1 is 1.25 bits per heavy atom. The summed E-state index contributed by atoms with van der Waals surface area (Å²) in [7, 11) is -1.96. The van der Waals surface area contributed by atoms with Crippen molar-refractivity contribution in [3.63, 3.8) is 0 Å². The zero-order valence-electron chi connectivity index (χ0n) is 12.3. The average Bonchev–Trinajstić information content (AvgIpc) is 2.39. The summed E-state index contributed by atoms with van der Waals surface area (Å²) in [5.41, 5.74) is 6.50. The van der Waals surface area contributed by atoms with Crippen LogP contribution in [0, 0.1) is 5.92 Å². The summed E-state index contributed by atoms with van der Waals surface area (Å²) >= 11 is 0. The van der Waals surface area contributed by atoms with Crippen molar-refractivity contribution < 1.29 is 13.2 Å². The molecule has 1 aromatic carbocycles. The fourth-order valence-electron chi connectivity index (χ4n) is 1.81. The third-order valence-corrected chi connectivity index (χ3v) is 4.63. The molecule has 1 rings (SSSR count). The maximum Gasteiger partial charge on any atom is 0.240 e. The minimum Gasteiger partial charge on any atom is -0.383 e. The van der Waals surface area contributed by atoms with Gasteiger partial charge in [-0.3, -0.25) is 0 Å². The lowest BCUT2D eigenvalue weighted by Gasteiger charge is -2.21. The standard InChI is InChI=1S/C14H24N2O3S/c1-11(2)14(10-19-3)16-20(17,18)13-6-4-12(5-7-13)8-9-15/h4-7,11,14,16H,8-10,15H2,1-3H3. The Bertz CT molecular complexity index is 498. The van der Waals surface area contributed by atoms with Crippen molar-refractivity contribution in [1.29, 1.82) is 0 Å². The van der Waals surface area contributed by atoms with Crippen molar-refractivity contribution in [2.75, 3.05) is 20.3 Å². The van der Waals surface area contributed by atoms with Gasteiger partial charge in [-0.2, -0.15) is 0 Å². The van der Waals surface area contributed by atoms with Gasteiger partial charge in [0.25, 0.3) is 0 Å². The molecule has 114 valence electrons. The zero-order valence-corrected chi connectivity index (χ0v) is 13.1. The first-order valence-electron chi connectivity index (χ1n) is 6.71. The van der Waals surface area contributed by atoms with Crippen LogP contribution in [0.3, 0.4) is 0 Å². The summed E-state index contributed by atoms with van der Waals surface area (Å²) in [6.45, 7) is 4.81. The van der Waals surface area contributed by atoms with Gasteiger partial charge in [-0.15, -0.1) is 0 Å². The van der Waals surface area contributed by atoms with Crippen molar-refractivity contribution in [2.24, 2.45) is 11.7 Å². The van der Waals surface area contributed by atoms with E-state index in [1.165, 1.54) is 0 Å². The van der Waals surface area contributed by atoms with Crippen LogP contribution in [0.4, 0.5) is 0 Å². The molecule has 0 aliphatic heterocycles. The van der Waals surface area contributed by atoms with Gasteiger partial charge in [0, 0.05) is 13.2 Å². The van der Waals surface area contributed by atoms with E-state index in [9.17, 15) is 8.42 Å². The Morgan fingerprint density at radius 2 is 1.85 bits per heavy atom. The third kappa shape index (κ3) is 4.86. The second kappa shape index (κ2) is 7.73. The molecule has 1 aromatic rings. The van der Waals surface area contributed by atoms with Crippen LogP contribution in [0.1, 0.15) is 19.4 Å². The van der Waals surface area contributed by atoms with Crippen LogP contribution in [0.2, 0.25) is 0 Å². The van der Waals surface area contributed by atoms with Crippen LogP contribution in [-0.4, -0.2) is 34.7 Å². The molecular weight excluding hydrogens is 276 g/mol. The molecule has 0 aliphatic rings. The van der Waals surface area contributed by atoms with E-state index in [0.29, 0.717) is 13.2 Å². The highest BCUT2D eigenvalue weighted by Crippen LogP contribution is 2.13. The number of methoxy groups -OCH3 is 1. The lowest BCUT2D eigenvalue weighted by Crippen LogP contribution is -2.41. The quantitative estimate of drug-likeness (QED) is 0.754. The molecule has 1 atom stereocenters. The molecule has 0 aliphatic carbocycles. The largest absolute Gasteiger partial charge is 0.383 e. The monoisotopic (exact) mass is 300 g/mol. The number of nitrogens with one attached hydrogen (secondary N) is 1. The number of hydrogen-bond acceptors (Lipinski definition) is 4. The Morgan fingerprint density at radius 3 is 2.30 bits per heavy atom. The van der Waals surface area contributed by atoms with E-state index in [1.54, 1.807) is 31.4 Å². The zero-order chi connectivity index (χ0) is 15.2. The van der Waals surface area contributed by atoms with E-state index in [2.05, 4.69) is 4.72 Å². The summed E-state index contributed by atoms with van der Waals surface area (Å²) in [4.78, 5) is 0.264. The minimum atomic E-state index is -3.52. The smallest absolute Gasteiger partial charge is 0.240 e. The van der Waals surface area contributed by atoms with Crippen molar-refractivity contribution in [3.05, 3.63) is 29.8 Å². The van der Waals surface area contributed by atoms with E-state index in [0.717, 1.165) is 12.0 Å². The molecule has 0 spiro atoms. The van der Waals surface area contributed by atoms with E-state index in [1.807, 2.05) is 13.8 Å². The fraction of sp³-hybridized carbons (Fsp3) is 0.571. The Labute approximate surface area is 121 Å². The number of sulfonamides is 1. The predicted octanol–water partition coefficient (Wildman–Crippen LogP) is 1.14. The van der Waals surface area contributed by atoms with Crippen LogP contribution in [0.25, 0.3) is 0 Å². The normalized spacial score (nSPS) is 13.7. The lowest BCUT2D eigenvalue weighted by atomic mass is 10.1. The van der Waals surface area contributed by atoms with Gasteiger partial charge >= 0.3 is 0 Å². The second-order valence-electron chi connectivity index (χ2n) is 5.11. The number of ether oxygens (including phenoxy) is 1. The Kier molecular flexibility index (Phi) is 6.61. The van der Waals surface area contributed by atoms with Gasteiger partial charge in [0.15, 0.2) is 0 Å². The molecule has 0 fully saturated rings. The van der Waals surface area contributed by atoms with E-state index < -0.39 is 10.0 Å². The predicted molar refractivity (Wildman–Crippen MR) is 80.0 cm³/mol. The van der Waals surface area contributed by atoms with Crippen molar-refractivity contribution in [2.45, 2.75) is 31.2 Å². The molecule has 0 aromatic heterocycles. The molecule has 0 bridgehead atoms. The molecule has 0 radical (unpaired) electrons. The first-order valence-corrected chi connectivity index (χ1v) is 8.19. The van der Waals surface area contributed by atoms with Gasteiger partial charge in [0.05, 0.1) is 11.5 Å². The number of rotatable bonds is 8. The molecule has 3 N–H and O–H groups in total. The molecular formula is C14H24N2O3S. The van der Waals surface area contributed by atoms with Gasteiger partial charge in [-0.1, -0.05) is 26.0 Å². The van der Waals surface area contributed by atoms with Crippen molar-refractivity contribution in [3.8, 4) is 0 Å². The topological polar surface area (TPSA) is 81.4 Å². The molecule has 0 amide bonds. The highest BCUT2D eigenvalue weighted by atomic mass is 32.2. The molecule has 0 saturated heterocycles. The highest BCUT2D eigenvalue weighted by molar-refractivity contribution is 7.89. The third-order valence-electron chi connectivity index (χ3n) is 3.12. The fourth-order valence-corrected chi connectivity index (χ4v) is 3.18. The first-order chi connectivity index (χ1) is 9.40. The second-order valence-corrected chi connectivity index (χ2v) is 6.82. The maximum atomic E-state index is 12.3. The SMILES string of the molecule is COCC(NS(=O)(=O)c1ccc(CCN)cc1)C(C)C. The van der Waals surface area contributed by atoms with Gasteiger partial charge in [0.2, 0.25) is 10.0 Å². The summed E-state index contributed by atoms with van der Waals surface area (Å²) < 4.78 is 32.3. The lowest BCUT2D eigenvalue weighted by molar-refractivity contribution is 0.157. The van der Waals surface area contributed by atoms with Gasteiger partial charge < -0.3 is 10.5 Å². The number of hydrogen-bond donors (Lipinski definition) is 2. The molecule has 1 unspecified atom stereocenters. The molecule has 5 nitrogen and oxygen atoms in total. The number of benzene rings is 1. The molecule has 20 heavy (non-hydrogen) atoms. The Hall–Kier alpha value is -0.950. The van der Waals surface area contributed by atoms with E-state index in [4.69, 9.17) is 10.5 Å².